The molecule has 0 aliphatic carbocycles. The Hall–Kier alpha value is -3.14. The quantitative estimate of drug-likeness (QED) is 0.245. The van der Waals surface area contributed by atoms with Gasteiger partial charge < -0.3 is 15.0 Å². The van der Waals surface area contributed by atoms with Crippen molar-refractivity contribution in [2.75, 3.05) is 38.1 Å². The zero-order valence-corrected chi connectivity index (χ0v) is 22.3. The van der Waals surface area contributed by atoms with Crippen molar-refractivity contribution in [3.8, 4) is 39.1 Å². The van der Waals surface area contributed by atoms with Crippen molar-refractivity contribution in [1.29, 1.82) is 0 Å². The van der Waals surface area contributed by atoms with E-state index >= 15 is 0 Å². The molecule has 4 rings (SSSR count). The monoisotopic (exact) mass is 523 g/mol. The lowest BCUT2D eigenvalue weighted by Gasteiger charge is -2.18. The molecule has 1 N–H and O–H groups in total. The maximum atomic E-state index is 6.65. The minimum Gasteiger partial charge on any atom is -0.492 e. The lowest BCUT2D eigenvalue weighted by Crippen LogP contribution is -2.27. The predicted octanol–water partition coefficient (Wildman–Crippen LogP) is 5.92. The number of aromatic nitrogens is 5. The Kier molecular flexibility index (Phi) is 9.16. The summed E-state index contributed by atoms with van der Waals surface area (Å²) in [6, 6.07) is 7.58. The lowest BCUT2D eigenvalue weighted by atomic mass is 10.1. The van der Waals surface area contributed by atoms with Crippen molar-refractivity contribution in [2.24, 2.45) is 0 Å². The van der Waals surface area contributed by atoms with Crippen LogP contribution in [0.5, 0.6) is 5.75 Å². The van der Waals surface area contributed by atoms with E-state index in [0.29, 0.717) is 28.8 Å². The van der Waals surface area contributed by atoms with Gasteiger partial charge in [-0.2, -0.15) is 0 Å². The summed E-state index contributed by atoms with van der Waals surface area (Å²) in [6.07, 6.45) is 7.75. The standard InChI is InChI=1S/C26H30ClN7OS/c1-4-9-30-26-31-17-24(36-26)22-15-21(32-25(33-22)23-16-28-10-11-29-23)19-14-18(7-8-20(19)27)35-13-12-34(5-2)6-3/h7-8,10-11,14-17H,4-6,9,12-13H2,1-3H3,(H,30,31). The minimum absolute atomic E-state index is 0.469. The summed E-state index contributed by atoms with van der Waals surface area (Å²) in [5.74, 6) is 1.21. The molecule has 3 aromatic heterocycles. The summed E-state index contributed by atoms with van der Waals surface area (Å²) in [6.45, 7) is 10.7. The molecular weight excluding hydrogens is 494 g/mol. The van der Waals surface area contributed by atoms with Gasteiger partial charge in [0.05, 0.1) is 27.5 Å². The number of likely N-dealkylation sites (N-methyl/N-ethyl adjacent to an activating group) is 1. The summed E-state index contributed by atoms with van der Waals surface area (Å²) < 4.78 is 6.05. The lowest BCUT2D eigenvalue weighted by molar-refractivity contribution is 0.223. The Morgan fingerprint density at radius 1 is 0.972 bits per heavy atom. The molecule has 0 unspecified atom stereocenters. The van der Waals surface area contributed by atoms with Crippen LogP contribution in [0.2, 0.25) is 5.02 Å². The number of anilines is 1. The summed E-state index contributed by atoms with van der Waals surface area (Å²) in [5.41, 5.74) is 2.76. The SMILES string of the molecule is CCCNc1ncc(-c2cc(-c3cc(OCCN(CC)CC)ccc3Cl)nc(-c3cnccn3)n2)s1. The molecule has 3 heterocycles. The van der Waals surface area contributed by atoms with E-state index < -0.39 is 0 Å². The Bertz CT molecular complexity index is 1260. The average Bonchev–Trinajstić information content (AvgIpc) is 3.40. The number of benzene rings is 1. The number of nitrogens with one attached hydrogen (secondary N) is 1. The van der Waals surface area contributed by atoms with Crippen LogP contribution in [0.3, 0.4) is 0 Å². The molecule has 0 atom stereocenters. The van der Waals surface area contributed by atoms with Gasteiger partial charge in [-0.05, 0) is 43.8 Å². The van der Waals surface area contributed by atoms with Crippen LogP contribution in [0.4, 0.5) is 5.13 Å². The molecule has 0 spiro atoms. The molecule has 4 aromatic rings. The molecular formula is C26H30ClN7OS. The summed E-state index contributed by atoms with van der Waals surface area (Å²) >= 11 is 8.19. The number of hydrogen-bond donors (Lipinski definition) is 1. The van der Waals surface area contributed by atoms with Crippen LogP contribution in [-0.4, -0.2) is 62.6 Å². The topological polar surface area (TPSA) is 89.0 Å². The van der Waals surface area contributed by atoms with Gasteiger partial charge in [0.1, 0.15) is 18.1 Å². The molecule has 0 radical (unpaired) electrons. The highest BCUT2D eigenvalue weighted by Crippen LogP contribution is 2.35. The van der Waals surface area contributed by atoms with E-state index in [1.54, 1.807) is 29.9 Å². The van der Waals surface area contributed by atoms with Crippen LogP contribution < -0.4 is 10.1 Å². The molecule has 8 nitrogen and oxygen atoms in total. The zero-order valence-electron chi connectivity index (χ0n) is 20.7. The average molecular weight is 524 g/mol. The first-order chi connectivity index (χ1) is 17.6. The van der Waals surface area contributed by atoms with Crippen LogP contribution in [-0.2, 0) is 0 Å². The first-order valence-electron chi connectivity index (χ1n) is 12.1. The number of thiazole rings is 1. The summed E-state index contributed by atoms with van der Waals surface area (Å²) in [4.78, 5) is 25.9. The predicted molar refractivity (Wildman–Crippen MR) is 147 cm³/mol. The van der Waals surface area contributed by atoms with Crippen LogP contribution in [0.25, 0.3) is 33.3 Å². The molecule has 10 heteroatoms. The third-order valence-electron chi connectivity index (χ3n) is 5.59. The van der Waals surface area contributed by atoms with Gasteiger partial charge in [-0.15, -0.1) is 0 Å². The normalized spacial score (nSPS) is 11.1. The number of rotatable bonds is 12. The van der Waals surface area contributed by atoms with Crippen molar-refractivity contribution < 1.29 is 4.74 Å². The molecule has 0 amide bonds. The van der Waals surface area contributed by atoms with Crippen LogP contribution >= 0.6 is 22.9 Å². The highest BCUT2D eigenvalue weighted by atomic mass is 35.5. The fourth-order valence-corrected chi connectivity index (χ4v) is 4.59. The van der Waals surface area contributed by atoms with E-state index in [9.17, 15) is 0 Å². The molecule has 188 valence electrons. The molecule has 0 bridgehead atoms. The van der Waals surface area contributed by atoms with E-state index in [1.807, 2.05) is 30.5 Å². The van der Waals surface area contributed by atoms with Crippen molar-refractivity contribution in [2.45, 2.75) is 27.2 Å². The number of hydrogen-bond acceptors (Lipinski definition) is 9. The molecule has 0 saturated heterocycles. The van der Waals surface area contributed by atoms with Crippen LogP contribution in [0, 0.1) is 0 Å². The summed E-state index contributed by atoms with van der Waals surface area (Å²) in [7, 11) is 0. The van der Waals surface area contributed by atoms with Crippen molar-refractivity contribution in [3.05, 3.63) is 54.1 Å². The fourth-order valence-electron chi connectivity index (χ4n) is 3.57. The Labute approximate surface area is 220 Å². The Morgan fingerprint density at radius 2 is 1.81 bits per heavy atom. The van der Waals surface area contributed by atoms with Gasteiger partial charge >= 0.3 is 0 Å². The third-order valence-corrected chi connectivity index (χ3v) is 6.89. The van der Waals surface area contributed by atoms with Crippen LogP contribution in [0.15, 0.2) is 49.1 Å². The largest absolute Gasteiger partial charge is 0.492 e. The van der Waals surface area contributed by atoms with Crippen molar-refractivity contribution in [3.63, 3.8) is 0 Å². The second-order valence-corrected chi connectivity index (χ2v) is 9.46. The Balaban J connectivity index is 1.70. The van der Waals surface area contributed by atoms with Gasteiger partial charge in [0, 0.05) is 37.2 Å². The second-order valence-electron chi connectivity index (χ2n) is 8.03. The smallest absolute Gasteiger partial charge is 0.183 e. The summed E-state index contributed by atoms with van der Waals surface area (Å²) in [5, 5.41) is 4.77. The van der Waals surface area contributed by atoms with E-state index in [1.165, 1.54) is 0 Å². The molecule has 36 heavy (non-hydrogen) atoms. The number of nitrogens with zero attached hydrogens (tertiary/aromatic N) is 6. The molecule has 1 aromatic carbocycles. The highest BCUT2D eigenvalue weighted by molar-refractivity contribution is 7.18. The van der Waals surface area contributed by atoms with Gasteiger partial charge in [0.2, 0.25) is 0 Å². The second kappa shape index (κ2) is 12.7. The van der Waals surface area contributed by atoms with E-state index in [0.717, 1.165) is 59.6 Å². The Morgan fingerprint density at radius 3 is 2.56 bits per heavy atom. The van der Waals surface area contributed by atoms with Gasteiger partial charge in [-0.1, -0.05) is 43.7 Å². The minimum atomic E-state index is 0.469. The van der Waals surface area contributed by atoms with Gasteiger partial charge in [0.25, 0.3) is 0 Å². The van der Waals surface area contributed by atoms with Gasteiger partial charge in [0.15, 0.2) is 11.0 Å². The maximum Gasteiger partial charge on any atom is 0.183 e. The third kappa shape index (κ3) is 6.54. The zero-order chi connectivity index (χ0) is 25.3. The molecule has 0 saturated carbocycles. The van der Waals surface area contributed by atoms with Crippen molar-refractivity contribution >= 4 is 28.1 Å². The van der Waals surface area contributed by atoms with E-state index in [-0.39, 0.29) is 0 Å². The van der Waals surface area contributed by atoms with Crippen LogP contribution in [0.1, 0.15) is 27.2 Å². The first kappa shape index (κ1) is 25.9. The van der Waals surface area contributed by atoms with Gasteiger partial charge in [-0.25, -0.2) is 19.9 Å². The highest BCUT2D eigenvalue weighted by Gasteiger charge is 2.16. The number of ether oxygens (including phenoxy) is 1. The molecule has 0 aliphatic rings. The van der Waals surface area contributed by atoms with Gasteiger partial charge in [-0.3, -0.25) is 4.98 Å². The first-order valence-corrected chi connectivity index (χ1v) is 13.3. The molecule has 0 fully saturated rings. The number of halogens is 1. The van der Waals surface area contributed by atoms with E-state index in [4.69, 9.17) is 26.3 Å². The van der Waals surface area contributed by atoms with Crippen molar-refractivity contribution in [1.82, 2.24) is 29.8 Å². The maximum absolute atomic E-state index is 6.65. The van der Waals surface area contributed by atoms with E-state index in [2.05, 4.69) is 45.9 Å². The fraction of sp³-hybridized carbons (Fsp3) is 0.346. The molecule has 0 aliphatic heterocycles.